The van der Waals surface area contributed by atoms with E-state index in [1.54, 1.807) is 6.92 Å². The van der Waals surface area contributed by atoms with E-state index in [1.807, 2.05) is 0 Å². The van der Waals surface area contributed by atoms with Gasteiger partial charge in [0.05, 0.1) is 5.02 Å². The standard InChI is InChI=1S/C14H12ClF2NO/c1-8(18)11-6-9(16)2-5-14(11)19-10-3-4-13(17)12(15)7-10/h2-8H,18H2,1H3/t8-/m0/s1. The molecular weight excluding hydrogens is 272 g/mol. The minimum Gasteiger partial charge on any atom is -0.457 e. The normalized spacial score (nSPS) is 12.3. The van der Waals surface area contributed by atoms with Gasteiger partial charge < -0.3 is 10.5 Å². The molecule has 0 heterocycles. The van der Waals surface area contributed by atoms with Crippen molar-refractivity contribution in [2.45, 2.75) is 13.0 Å². The summed E-state index contributed by atoms with van der Waals surface area (Å²) in [7, 11) is 0. The molecule has 2 nitrogen and oxygen atoms in total. The van der Waals surface area contributed by atoms with Crippen molar-refractivity contribution in [3.05, 3.63) is 58.6 Å². The number of hydrogen-bond acceptors (Lipinski definition) is 2. The zero-order chi connectivity index (χ0) is 14.0. The van der Waals surface area contributed by atoms with Crippen LogP contribution >= 0.6 is 11.6 Å². The summed E-state index contributed by atoms with van der Waals surface area (Å²) in [6.45, 7) is 1.72. The fraction of sp³-hybridized carbons (Fsp3) is 0.143. The molecule has 0 amide bonds. The van der Waals surface area contributed by atoms with Gasteiger partial charge in [0.15, 0.2) is 0 Å². The van der Waals surface area contributed by atoms with E-state index in [4.69, 9.17) is 22.1 Å². The highest BCUT2D eigenvalue weighted by Gasteiger charge is 2.11. The lowest BCUT2D eigenvalue weighted by atomic mass is 10.1. The summed E-state index contributed by atoms with van der Waals surface area (Å²) in [6.07, 6.45) is 0. The van der Waals surface area contributed by atoms with Crippen molar-refractivity contribution < 1.29 is 13.5 Å². The maximum Gasteiger partial charge on any atom is 0.142 e. The van der Waals surface area contributed by atoms with Crippen LogP contribution in [0.15, 0.2) is 36.4 Å². The maximum atomic E-state index is 13.2. The van der Waals surface area contributed by atoms with Crippen LogP contribution in [0.3, 0.4) is 0 Å². The van der Waals surface area contributed by atoms with Crippen molar-refractivity contribution in [3.63, 3.8) is 0 Å². The van der Waals surface area contributed by atoms with Gasteiger partial charge in [0.2, 0.25) is 0 Å². The summed E-state index contributed by atoms with van der Waals surface area (Å²) in [5, 5.41) is -0.0399. The summed E-state index contributed by atoms with van der Waals surface area (Å²) in [4.78, 5) is 0. The molecule has 0 radical (unpaired) electrons. The Morgan fingerprint density at radius 3 is 2.53 bits per heavy atom. The van der Waals surface area contributed by atoms with Crippen LogP contribution in [0, 0.1) is 11.6 Å². The topological polar surface area (TPSA) is 35.2 Å². The van der Waals surface area contributed by atoms with E-state index in [2.05, 4.69) is 0 Å². The number of hydrogen-bond donors (Lipinski definition) is 1. The molecule has 2 aromatic rings. The first-order valence-corrected chi connectivity index (χ1v) is 6.03. The van der Waals surface area contributed by atoms with Crippen LogP contribution in [0.2, 0.25) is 5.02 Å². The van der Waals surface area contributed by atoms with Crippen LogP contribution in [0.25, 0.3) is 0 Å². The summed E-state index contributed by atoms with van der Waals surface area (Å²) in [5.74, 6) is -0.142. The maximum absolute atomic E-state index is 13.2. The molecule has 0 bridgehead atoms. The SMILES string of the molecule is C[C@H](N)c1cc(F)ccc1Oc1ccc(F)c(Cl)c1. The van der Waals surface area contributed by atoms with E-state index >= 15 is 0 Å². The van der Waals surface area contributed by atoms with E-state index in [0.29, 0.717) is 17.1 Å². The van der Waals surface area contributed by atoms with Gasteiger partial charge in [-0.1, -0.05) is 11.6 Å². The van der Waals surface area contributed by atoms with Crippen molar-refractivity contribution in [1.82, 2.24) is 0 Å². The Labute approximate surface area is 114 Å². The van der Waals surface area contributed by atoms with Gasteiger partial charge in [-0.3, -0.25) is 0 Å². The fourth-order valence-corrected chi connectivity index (χ4v) is 1.81. The van der Waals surface area contributed by atoms with E-state index in [9.17, 15) is 8.78 Å². The Bertz CT molecular complexity index is 602. The summed E-state index contributed by atoms with van der Waals surface area (Å²) >= 11 is 5.67. The lowest BCUT2D eigenvalue weighted by Crippen LogP contribution is -2.07. The summed E-state index contributed by atoms with van der Waals surface area (Å²) in [6, 6.07) is 7.66. The third kappa shape index (κ3) is 3.22. The Hall–Kier alpha value is -1.65. The van der Waals surface area contributed by atoms with Crippen molar-refractivity contribution in [3.8, 4) is 11.5 Å². The van der Waals surface area contributed by atoms with Crippen molar-refractivity contribution >= 4 is 11.6 Å². The van der Waals surface area contributed by atoms with Crippen molar-refractivity contribution in [2.75, 3.05) is 0 Å². The van der Waals surface area contributed by atoms with E-state index in [0.717, 1.165) is 0 Å². The minimum atomic E-state index is -0.527. The number of halogens is 3. The molecule has 0 aromatic heterocycles. The van der Waals surface area contributed by atoms with Crippen LogP contribution in [0.1, 0.15) is 18.5 Å². The molecule has 0 aliphatic carbocycles. The second-order valence-corrected chi connectivity index (χ2v) is 4.56. The molecule has 0 fully saturated rings. The predicted molar refractivity (Wildman–Crippen MR) is 70.5 cm³/mol. The Morgan fingerprint density at radius 2 is 1.89 bits per heavy atom. The molecule has 2 rings (SSSR count). The minimum absolute atomic E-state index is 0.0399. The van der Waals surface area contributed by atoms with Gasteiger partial charge >= 0.3 is 0 Å². The molecule has 0 unspecified atom stereocenters. The van der Waals surface area contributed by atoms with Crippen LogP contribution in [-0.4, -0.2) is 0 Å². The van der Waals surface area contributed by atoms with E-state index in [-0.39, 0.29) is 11.1 Å². The van der Waals surface area contributed by atoms with Crippen LogP contribution < -0.4 is 10.5 Å². The highest BCUT2D eigenvalue weighted by molar-refractivity contribution is 6.30. The van der Waals surface area contributed by atoms with Crippen molar-refractivity contribution in [1.29, 1.82) is 0 Å². The lowest BCUT2D eigenvalue weighted by molar-refractivity contribution is 0.467. The second kappa shape index (κ2) is 5.55. The summed E-state index contributed by atoms with van der Waals surface area (Å²) < 4.78 is 31.8. The third-order valence-corrected chi connectivity index (χ3v) is 2.87. The second-order valence-electron chi connectivity index (χ2n) is 4.15. The number of benzene rings is 2. The predicted octanol–water partition coefficient (Wildman–Crippen LogP) is 4.43. The molecule has 0 aliphatic heterocycles. The molecule has 100 valence electrons. The largest absolute Gasteiger partial charge is 0.457 e. The van der Waals surface area contributed by atoms with E-state index in [1.165, 1.54) is 36.4 Å². The highest BCUT2D eigenvalue weighted by Crippen LogP contribution is 2.31. The van der Waals surface area contributed by atoms with Gasteiger partial charge in [0, 0.05) is 17.7 Å². The average molecular weight is 284 g/mol. The Kier molecular flexibility index (Phi) is 4.02. The number of ether oxygens (including phenoxy) is 1. The Balaban J connectivity index is 2.35. The first-order valence-electron chi connectivity index (χ1n) is 5.65. The molecule has 0 aliphatic rings. The van der Waals surface area contributed by atoms with E-state index < -0.39 is 11.6 Å². The smallest absolute Gasteiger partial charge is 0.142 e. The molecule has 19 heavy (non-hydrogen) atoms. The van der Waals surface area contributed by atoms with Gasteiger partial charge in [-0.25, -0.2) is 8.78 Å². The monoisotopic (exact) mass is 283 g/mol. The molecule has 2 N–H and O–H groups in total. The van der Waals surface area contributed by atoms with Gasteiger partial charge in [-0.05, 0) is 37.3 Å². The number of nitrogens with two attached hydrogens (primary N) is 1. The Morgan fingerprint density at radius 1 is 1.16 bits per heavy atom. The van der Waals surface area contributed by atoms with Gasteiger partial charge in [-0.15, -0.1) is 0 Å². The van der Waals surface area contributed by atoms with Crippen LogP contribution in [0.4, 0.5) is 8.78 Å². The zero-order valence-electron chi connectivity index (χ0n) is 10.2. The molecule has 0 spiro atoms. The van der Waals surface area contributed by atoms with Gasteiger partial charge in [0.1, 0.15) is 23.1 Å². The first-order chi connectivity index (χ1) is 8.97. The lowest BCUT2D eigenvalue weighted by Gasteiger charge is -2.14. The molecule has 0 saturated carbocycles. The van der Waals surface area contributed by atoms with Gasteiger partial charge in [-0.2, -0.15) is 0 Å². The fourth-order valence-electron chi connectivity index (χ4n) is 1.64. The quantitative estimate of drug-likeness (QED) is 0.904. The third-order valence-electron chi connectivity index (χ3n) is 2.58. The molecular formula is C14H12ClF2NO. The average Bonchev–Trinajstić information content (AvgIpc) is 2.36. The molecule has 1 atom stereocenters. The van der Waals surface area contributed by atoms with Gasteiger partial charge in [0.25, 0.3) is 0 Å². The zero-order valence-corrected chi connectivity index (χ0v) is 10.9. The summed E-state index contributed by atoms with van der Waals surface area (Å²) in [5.41, 5.74) is 6.29. The first kappa shape index (κ1) is 13.8. The highest BCUT2D eigenvalue weighted by atomic mass is 35.5. The molecule has 5 heteroatoms. The van der Waals surface area contributed by atoms with Crippen LogP contribution in [0.5, 0.6) is 11.5 Å². The van der Waals surface area contributed by atoms with Crippen LogP contribution in [-0.2, 0) is 0 Å². The van der Waals surface area contributed by atoms with Crippen molar-refractivity contribution in [2.24, 2.45) is 5.73 Å². The molecule has 2 aromatic carbocycles. The molecule has 0 saturated heterocycles. The number of rotatable bonds is 3.